The third-order valence-corrected chi connectivity index (χ3v) is 3.28. The molecule has 4 nitrogen and oxygen atoms in total. The van der Waals surface area contributed by atoms with E-state index < -0.39 is 5.60 Å². The molecule has 0 radical (unpaired) electrons. The number of Topliss-reactive ketones (excluding diaryl/α,β-unsaturated/α-hetero) is 1. The van der Waals surface area contributed by atoms with Crippen molar-refractivity contribution in [3.05, 3.63) is 35.4 Å². The molecule has 1 saturated heterocycles. The highest BCUT2D eigenvalue weighted by Crippen LogP contribution is 2.14. The van der Waals surface area contributed by atoms with E-state index >= 15 is 0 Å². The number of aliphatic hydroxyl groups is 1. The fourth-order valence-electron chi connectivity index (χ4n) is 2.13. The van der Waals surface area contributed by atoms with Crippen molar-refractivity contribution >= 4 is 5.78 Å². The maximum atomic E-state index is 11.9. The van der Waals surface area contributed by atoms with Gasteiger partial charge in [0.25, 0.3) is 0 Å². The summed E-state index contributed by atoms with van der Waals surface area (Å²) < 4.78 is 5.31. The smallest absolute Gasteiger partial charge is 0.193 e. The van der Waals surface area contributed by atoms with Crippen LogP contribution in [0.2, 0.25) is 0 Å². The molecular weight excluding hydrogens is 242 g/mol. The van der Waals surface area contributed by atoms with Gasteiger partial charge in [-0.3, -0.25) is 9.69 Å². The topological polar surface area (TPSA) is 49.8 Å². The molecule has 1 aliphatic rings. The molecule has 1 fully saturated rings. The van der Waals surface area contributed by atoms with Gasteiger partial charge >= 0.3 is 0 Å². The van der Waals surface area contributed by atoms with E-state index in [1.165, 1.54) is 19.4 Å². The average Bonchev–Trinajstić information content (AvgIpc) is 2.39. The van der Waals surface area contributed by atoms with Crippen molar-refractivity contribution in [1.29, 1.82) is 0 Å². The van der Waals surface area contributed by atoms with Crippen molar-refractivity contribution < 1.29 is 14.6 Å². The Morgan fingerprint density at radius 1 is 1.26 bits per heavy atom. The lowest BCUT2D eigenvalue weighted by Gasteiger charge is -2.26. The SMILES string of the molecule is CC(C)(O)C(=O)c1ccc(CN2CCOCC2)cc1. The van der Waals surface area contributed by atoms with Gasteiger partial charge in [0.1, 0.15) is 5.60 Å². The Kier molecular flexibility index (Phi) is 4.34. The summed E-state index contributed by atoms with van der Waals surface area (Å²) in [7, 11) is 0. The minimum Gasteiger partial charge on any atom is -0.382 e. The number of hydrogen-bond acceptors (Lipinski definition) is 4. The molecule has 1 aliphatic heterocycles. The molecule has 0 spiro atoms. The summed E-state index contributed by atoms with van der Waals surface area (Å²) >= 11 is 0. The number of morpholine rings is 1. The van der Waals surface area contributed by atoms with E-state index in [-0.39, 0.29) is 5.78 Å². The van der Waals surface area contributed by atoms with Crippen LogP contribution in [0.3, 0.4) is 0 Å². The molecule has 0 saturated carbocycles. The number of benzene rings is 1. The number of rotatable bonds is 4. The molecule has 104 valence electrons. The largest absolute Gasteiger partial charge is 0.382 e. The monoisotopic (exact) mass is 263 g/mol. The molecule has 1 aromatic rings. The molecule has 0 amide bonds. The van der Waals surface area contributed by atoms with Crippen molar-refractivity contribution in [2.45, 2.75) is 26.0 Å². The molecule has 0 aromatic heterocycles. The molecule has 4 heteroatoms. The molecule has 1 N–H and O–H groups in total. The van der Waals surface area contributed by atoms with E-state index in [9.17, 15) is 9.90 Å². The quantitative estimate of drug-likeness (QED) is 0.836. The minimum absolute atomic E-state index is 0.245. The van der Waals surface area contributed by atoms with Gasteiger partial charge in [-0.1, -0.05) is 24.3 Å². The Hall–Kier alpha value is -1.23. The van der Waals surface area contributed by atoms with Crippen LogP contribution in [0.4, 0.5) is 0 Å². The van der Waals surface area contributed by atoms with Crippen LogP contribution in [0.1, 0.15) is 29.8 Å². The van der Waals surface area contributed by atoms with Crippen molar-refractivity contribution in [3.63, 3.8) is 0 Å². The Labute approximate surface area is 114 Å². The molecule has 0 atom stereocenters. The lowest BCUT2D eigenvalue weighted by Crippen LogP contribution is -2.35. The summed E-state index contributed by atoms with van der Waals surface area (Å²) in [5, 5.41) is 9.70. The number of nitrogens with zero attached hydrogens (tertiary/aromatic N) is 1. The van der Waals surface area contributed by atoms with Gasteiger partial charge in [-0.15, -0.1) is 0 Å². The molecule has 19 heavy (non-hydrogen) atoms. The molecular formula is C15H21NO3. The maximum absolute atomic E-state index is 11.9. The number of carbonyl (C=O) groups excluding carboxylic acids is 1. The summed E-state index contributed by atoms with van der Waals surface area (Å²) in [5.41, 5.74) is 0.415. The van der Waals surface area contributed by atoms with Gasteiger partial charge in [-0.05, 0) is 19.4 Å². The third-order valence-electron chi connectivity index (χ3n) is 3.28. The van der Waals surface area contributed by atoms with Crippen LogP contribution in [0.15, 0.2) is 24.3 Å². The summed E-state index contributed by atoms with van der Waals surface area (Å²) in [5.74, 6) is -0.245. The summed E-state index contributed by atoms with van der Waals surface area (Å²) in [6.45, 7) is 7.37. The second kappa shape index (κ2) is 5.82. The fourth-order valence-corrected chi connectivity index (χ4v) is 2.13. The van der Waals surface area contributed by atoms with Gasteiger partial charge in [0.15, 0.2) is 5.78 Å². The first-order valence-corrected chi connectivity index (χ1v) is 6.63. The second-order valence-corrected chi connectivity index (χ2v) is 5.47. The van der Waals surface area contributed by atoms with Crippen molar-refractivity contribution in [1.82, 2.24) is 4.90 Å². The van der Waals surface area contributed by atoms with Crippen molar-refractivity contribution in [2.24, 2.45) is 0 Å². The maximum Gasteiger partial charge on any atom is 0.193 e. The van der Waals surface area contributed by atoms with E-state index in [1.807, 2.05) is 12.1 Å². The third kappa shape index (κ3) is 3.86. The van der Waals surface area contributed by atoms with Crippen LogP contribution in [0, 0.1) is 0 Å². The standard InChI is InChI=1S/C15H21NO3/c1-15(2,18)14(17)13-5-3-12(4-6-13)11-16-7-9-19-10-8-16/h3-6,18H,7-11H2,1-2H3. The number of ketones is 1. The van der Waals surface area contributed by atoms with Gasteiger partial charge in [0, 0.05) is 25.2 Å². The van der Waals surface area contributed by atoms with Crippen LogP contribution >= 0.6 is 0 Å². The van der Waals surface area contributed by atoms with Gasteiger partial charge in [0.05, 0.1) is 13.2 Å². The minimum atomic E-state index is -1.31. The van der Waals surface area contributed by atoms with E-state index in [2.05, 4.69) is 4.90 Å². The van der Waals surface area contributed by atoms with Crippen molar-refractivity contribution in [3.8, 4) is 0 Å². The Morgan fingerprint density at radius 3 is 2.37 bits per heavy atom. The first kappa shape index (κ1) is 14.2. The second-order valence-electron chi connectivity index (χ2n) is 5.47. The Bertz CT molecular complexity index is 428. The Morgan fingerprint density at radius 2 is 1.84 bits per heavy atom. The van der Waals surface area contributed by atoms with Crippen LogP contribution in [-0.4, -0.2) is 47.7 Å². The van der Waals surface area contributed by atoms with Gasteiger partial charge in [-0.2, -0.15) is 0 Å². The van der Waals surface area contributed by atoms with Gasteiger partial charge < -0.3 is 9.84 Å². The first-order chi connectivity index (χ1) is 8.97. The molecule has 1 heterocycles. The van der Waals surface area contributed by atoms with E-state index in [4.69, 9.17) is 4.74 Å². The zero-order chi connectivity index (χ0) is 13.9. The molecule has 1 aromatic carbocycles. The molecule has 0 aliphatic carbocycles. The van der Waals surface area contributed by atoms with Crippen LogP contribution < -0.4 is 0 Å². The fraction of sp³-hybridized carbons (Fsp3) is 0.533. The van der Waals surface area contributed by atoms with Crippen LogP contribution in [0.5, 0.6) is 0 Å². The van der Waals surface area contributed by atoms with Gasteiger partial charge in [-0.25, -0.2) is 0 Å². The first-order valence-electron chi connectivity index (χ1n) is 6.63. The lowest BCUT2D eigenvalue weighted by molar-refractivity contribution is 0.0342. The number of carbonyl (C=O) groups is 1. The van der Waals surface area contributed by atoms with Crippen LogP contribution in [0.25, 0.3) is 0 Å². The normalized spacial score (nSPS) is 17.4. The van der Waals surface area contributed by atoms with Crippen molar-refractivity contribution in [2.75, 3.05) is 26.3 Å². The summed E-state index contributed by atoms with van der Waals surface area (Å²) in [6, 6.07) is 7.48. The molecule has 0 bridgehead atoms. The highest BCUT2D eigenvalue weighted by Gasteiger charge is 2.24. The average molecular weight is 263 g/mol. The lowest BCUT2D eigenvalue weighted by atomic mass is 9.96. The molecule has 2 rings (SSSR count). The summed E-state index contributed by atoms with van der Waals surface area (Å²) in [4.78, 5) is 14.2. The highest BCUT2D eigenvalue weighted by atomic mass is 16.5. The van der Waals surface area contributed by atoms with E-state index in [0.717, 1.165) is 32.8 Å². The predicted molar refractivity (Wildman–Crippen MR) is 73.2 cm³/mol. The Balaban J connectivity index is 2.00. The highest BCUT2D eigenvalue weighted by molar-refractivity contribution is 6.01. The number of hydrogen-bond donors (Lipinski definition) is 1. The van der Waals surface area contributed by atoms with E-state index in [0.29, 0.717) is 5.56 Å². The van der Waals surface area contributed by atoms with Crippen LogP contribution in [-0.2, 0) is 11.3 Å². The predicted octanol–water partition coefficient (Wildman–Crippen LogP) is 1.47. The number of ether oxygens (including phenoxy) is 1. The zero-order valence-electron chi connectivity index (χ0n) is 11.6. The molecule has 0 unspecified atom stereocenters. The van der Waals surface area contributed by atoms with Gasteiger partial charge in [0.2, 0.25) is 0 Å². The summed E-state index contributed by atoms with van der Waals surface area (Å²) in [6.07, 6.45) is 0. The van der Waals surface area contributed by atoms with E-state index in [1.54, 1.807) is 12.1 Å². The zero-order valence-corrected chi connectivity index (χ0v) is 11.6.